The molecule has 0 bridgehead atoms. The molecule has 82 valence electrons. The highest BCUT2D eigenvalue weighted by atomic mass is 32.1. The van der Waals surface area contributed by atoms with Gasteiger partial charge in [-0.15, -0.1) is 11.3 Å². The lowest BCUT2D eigenvalue weighted by Gasteiger charge is -2.13. The van der Waals surface area contributed by atoms with Gasteiger partial charge in [-0.3, -0.25) is 4.79 Å². The number of nitrogens with two attached hydrogens (primary N) is 1. The second-order valence-electron chi connectivity index (χ2n) is 3.64. The predicted octanol–water partition coefficient (Wildman–Crippen LogP) is 1.29. The van der Waals surface area contributed by atoms with Crippen molar-refractivity contribution in [3.05, 3.63) is 10.9 Å². The van der Waals surface area contributed by atoms with E-state index in [4.69, 9.17) is 5.73 Å². The highest BCUT2D eigenvalue weighted by Gasteiger charge is 2.19. The van der Waals surface area contributed by atoms with Crippen molar-refractivity contribution >= 4 is 27.9 Å². The van der Waals surface area contributed by atoms with E-state index < -0.39 is 0 Å². The molecule has 0 saturated carbocycles. The molecule has 1 amide bonds. The first-order valence-corrected chi connectivity index (χ1v) is 5.90. The van der Waals surface area contributed by atoms with Crippen molar-refractivity contribution in [3.8, 4) is 0 Å². The average Bonchev–Trinajstić information content (AvgIpc) is 2.84. The smallest absolute Gasteiger partial charge is 0.263 e. The number of hydrogen-bond donors (Lipinski definition) is 2. The molecule has 1 aromatic rings. The van der Waals surface area contributed by atoms with Crippen molar-refractivity contribution < 1.29 is 4.79 Å². The van der Waals surface area contributed by atoms with Crippen molar-refractivity contribution in [3.63, 3.8) is 0 Å². The Morgan fingerprint density at radius 3 is 2.80 bits per heavy atom. The Morgan fingerprint density at radius 1 is 1.53 bits per heavy atom. The molecule has 5 heteroatoms. The minimum Gasteiger partial charge on any atom is -0.397 e. The van der Waals surface area contributed by atoms with Crippen LogP contribution in [0.3, 0.4) is 0 Å². The largest absolute Gasteiger partial charge is 0.397 e. The van der Waals surface area contributed by atoms with Crippen LogP contribution < -0.4 is 16.0 Å². The number of amides is 1. The number of thiophene rings is 1. The number of carbonyl (C=O) groups excluding carboxylic acids is 1. The molecule has 0 spiro atoms. The number of hydrogen-bond acceptors (Lipinski definition) is 4. The summed E-state index contributed by atoms with van der Waals surface area (Å²) < 4.78 is 0. The lowest BCUT2D eigenvalue weighted by molar-refractivity contribution is 0.0968. The number of anilines is 2. The fourth-order valence-electron chi connectivity index (χ4n) is 1.78. The summed E-state index contributed by atoms with van der Waals surface area (Å²) >= 11 is 1.48. The molecule has 3 N–H and O–H groups in total. The van der Waals surface area contributed by atoms with Crippen LogP contribution in [0.15, 0.2) is 6.07 Å². The maximum atomic E-state index is 11.5. The first kappa shape index (κ1) is 10.3. The molecule has 1 aromatic heterocycles. The summed E-state index contributed by atoms with van der Waals surface area (Å²) in [5, 5.41) is 3.71. The molecule has 1 saturated heterocycles. The maximum absolute atomic E-state index is 11.5. The molecule has 0 aliphatic carbocycles. The molecule has 4 nitrogen and oxygen atoms in total. The Hall–Kier alpha value is -1.23. The molecular weight excluding hydrogens is 210 g/mol. The zero-order valence-electron chi connectivity index (χ0n) is 8.75. The van der Waals surface area contributed by atoms with E-state index in [-0.39, 0.29) is 5.91 Å². The van der Waals surface area contributed by atoms with Gasteiger partial charge in [-0.1, -0.05) is 0 Å². The van der Waals surface area contributed by atoms with E-state index in [9.17, 15) is 4.79 Å². The maximum Gasteiger partial charge on any atom is 0.263 e. The van der Waals surface area contributed by atoms with Crippen LogP contribution in [0.25, 0.3) is 0 Å². The van der Waals surface area contributed by atoms with Crippen LogP contribution in [0.4, 0.5) is 10.7 Å². The summed E-state index contributed by atoms with van der Waals surface area (Å²) in [7, 11) is 1.62. The fourth-order valence-corrected chi connectivity index (χ4v) is 2.85. The van der Waals surface area contributed by atoms with Gasteiger partial charge >= 0.3 is 0 Å². The SMILES string of the molecule is CNC(=O)c1sc(N2CCCC2)cc1N. The summed E-state index contributed by atoms with van der Waals surface area (Å²) in [4.78, 5) is 14.4. The van der Waals surface area contributed by atoms with Crippen LogP contribution in [0.5, 0.6) is 0 Å². The van der Waals surface area contributed by atoms with Crippen LogP contribution in [0.2, 0.25) is 0 Å². The monoisotopic (exact) mass is 225 g/mol. The minimum absolute atomic E-state index is 0.0945. The second-order valence-corrected chi connectivity index (χ2v) is 4.67. The van der Waals surface area contributed by atoms with Crippen molar-refractivity contribution in [1.82, 2.24) is 5.32 Å². The fraction of sp³-hybridized carbons (Fsp3) is 0.500. The van der Waals surface area contributed by atoms with E-state index in [1.807, 2.05) is 6.07 Å². The van der Waals surface area contributed by atoms with E-state index in [0.29, 0.717) is 10.6 Å². The van der Waals surface area contributed by atoms with E-state index in [2.05, 4.69) is 10.2 Å². The number of nitrogens with zero attached hydrogens (tertiary/aromatic N) is 1. The third-order valence-electron chi connectivity index (χ3n) is 2.60. The van der Waals surface area contributed by atoms with Gasteiger partial charge in [-0.25, -0.2) is 0 Å². The summed E-state index contributed by atoms with van der Waals surface area (Å²) in [5.74, 6) is -0.0945. The third kappa shape index (κ3) is 1.92. The quantitative estimate of drug-likeness (QED) is 0.797. The molecule has 15 heavy (non-hydrogen) atoms. The topological polar surface area (TPSA) is 58.4 Å². The number of nitrogen functional groups attached to an aromatic ring is 1. The molecule has 0 radical (unpaired) electrons. The van der Waals surface area contributed by atoms with E-state index in [1.54, 1.807) is 7.05 Å². The Kier molecular flexibility index (Phi) is 2.81. The van der Waals surface area contributed by atoms with Gasteiger partial charge in [0.05, 0.1) is 10.7 Å². The zero-order valence-corrected chi connectivity index (χ0v) is 9.56. The third-order valence-corrected chi connectivity index (χ3v) is 3.81. The standard InChI is InChI=1S/C10H15N3OS/c1-12-10(14)9-7(11)6-8(15-9)13-4-2-3-5-13/h6H,2-5,11H2,1H3,(H,12,14). The van der Waals surface area contributed by atoms with Gasteiger partial charge in [-0.2, -0.15) is 0 Å². The summed E-state index contributed by atoms with van der Waals surface area (Å²) in [5.41, 5.74) is 6.39. The first-order chi connectivity index (χ1) is 7.22. The lowest BCUT2D eigenvalue weighted by atomic mass is 10.4. The van der Waals surface area contributed by atoms with E-state index in [1.165, 1.54) is 24.2 Å². The Bertz CT molecular complexity index is 369. The highest BCUT2D eigenvalue weighted by molar-refractivity contribution is 7.18. The van der Waals surface area contributed by atoms with Gasteiger partial charge in [-0.05, 0) is 18.9 Å². The normalized spacial score (nSPS) is 15.7. The average molecular weight is 225 g/mol. The molecular formula is C10H15N3OS. The molecule has 1 fully saturated rings. The number of nitrogens with one attached hydrogen (secondary N) is 1. The minimum atomic E-state index is -0.0945. The summed E-state index contributed by atoms with van der Waals surface area (Å²) in [6.45, 7) is 2.15. The van der Waals surface area contributed by atoms with Gasteiger partial charge in [0.15, 0.2) is 0 Å². The van der Waals surface area contributed by atoms with E-state index >= 15 is 0 Å². The molecule has 0 unspecified atom stereocenters. The van der Waals surface area contributed by atoms with Crippen LogP contribution in [-0.4, -0.2) is 26.0 Å². The molecule has 2 rings (SSSR count). The van der Waals surface area contributed by atoms with E-state index in [0.717, 1.165) is 18.1 Å². The zero-order chi connectivity index (χ0) is 10.8. The van der Waals surface area contributed by atoms with Crippen molar-refractivity contribution in [2.75, 3.05) is 30.8 Å². The lowest BCUT2D eigenvalue weighted by Crippen LogP contribution is -2.17. The molecule has 1 aliphatic heterocycles. The van der Waals surface area contributed by atoms with Crippen LogP contribution in [0.1, 0.15) is 22.5 Å². The van der Waals surface area contributed by atoms with Crippen LogP contribution >= 0.6 is 11.3 Å². The molecule has 2 heterocycles. The van der Waals surface area contributed by atoms with Gasteiger partial charge in [0, 0.05) is 20.1 Å². The molecule has 0 atom stereocenters. The van der Waals surface area contributed by atoms with Gasteiger partial charge in [0.2, 0.25) is 0 Å². The summed E-state index contributed by atoms with van der Waals surface area (Å²) in [6.07, 6.45) is 2.46. The number of rotatable bonds is 2. The summed E-state index contributed by atoms with van der Waals surface area (Å²) in [6, 6.07) is 1.90. The van der Waals surface area contributed by atoms with Crippen LogP contribution in [0, 0.1) is 0 Å². The van der Waals surface area contributed by atoms with Crippen molar-refractivity contribution in [2.24, 2.45) is 0 Å². The van der Waals surface area contributed by atoms with Crippen LogP contribution in [-0.2, 0) is 0 Å². The molecule has 1 aliphatic rings. The number of carbonyl (C=O) groups is 1. The highest BCUT2D eigenvalue weighted by Crippen LogP contribution is 2.33. The predicted molar refractivity (Wildman–Crippen MR) is 63.6 cm³/mol. The molecule has 0 aromatic carbocycles. The van der Waals surface area contributed by atoms with Gasteiger partial charge in [0.1, 0.15) is 4.88 Å². The van der Waals surface area contributed by atoms with Gasteiger partial charge < -0.3 is 16.0 Å². The van der Waals surface area contributed by atoms with Crippen molar-refractivity contribution in [1.29, 1.82) is 0 Å². The Morgan fingerprint density at radius 2 is 2.20 bits per heavy atom. The second kappa shape index (κ2) is 4.10. The van der Waals surface area contributed by atoms with Gasteiger partial charge in [0.25, 0.3) is 5.91 Å². The van der Waals surface area contributed by atoms with Crippen molar-refractivity contribution in [2.45, 2.75) is 12.8 Å². The Balaban J connectivity index is 2.23. The Labute approximate surface area is 93.1 Å². The first-order valence-electron chi connectivity index (χ1n) is 5.08.